The molecule has 0 unspecified atom stereocenters. The van der Waals surface area contributed by atoms with E-state index in [1.807, 2.05) is 6.92 Å². The maximum Gasteiger partial charge on any atom is 0.108 e. The molecule has 0 spiro atoms. The van der Waals surface area contributed by atoms with E-state index >= 15 is 0 Å². The van der Waals surface area contributed by atoms with E-state index in [1.54, 1.807) is 0 Å². The molecule has 0 amide bonds. The highest BCUT2D eigenvalue weighted by Gasteiger charge is 2.16. The summed E-state index contributed by atoms with van der Waals surface area (Å²) >= 11 is 0. The predicted molar refractivity (Wildman–Crippen MR) is 44.6 cm³/mol. The number of pyridine rings is 1. The van der Waals surface area contributed by atoms with Crippen molar-refractivity contribution in [3.8, 4) is 6.07 Å². The van der Waals surface area contributed by atoms with Crippen molar-refractivity contribution in [1.29, 1.82) is 5.26 Å². The Labute approximate surface area is 71.9 Å². The molecular weight excluding hydrogens is 148 g/mol. The van der Waals surface area contributed by atoms with Crippen molar-refractivity contribution in [2.75, 3.05) is 0 Å². The van der Waals surface area contributed by atoms with Crippen LogP contribution in [0.5, 0.6) is 0 Å². The van der Waals surface area contributed by atoms with Crippen LogP contribution in [0.1, 0.15) is 28.8 Å². The zero-order chi connectivity index (χ0) is 8.55. The van der Waals surface area contributed by atoms with Crippen LogP contribution in [0.25, 0.3) is 0 Å². The first-order valence-electron chi connectivity index (χ1n) is 4.13. The van der Waals surface area contributed by atoms with Crippen LogP contribution in [0.3, 0.4) is 0 Å². The van der Waals surface area contributed by atoms with Gasteiger partial charge < -0.3 is 0 Å². The summed E-state index contributed by atoms with van der Waals surface area (Å²) in [6.45, 7) is 1.99. The number of nitriles is 1. The van der Waals surface area contributed by atoms with Crippen molar-refractivity contribution in [2.45, 2.75) is 26.2 Å². The lowest BCUT2D eigenvalue weighted by molar-refractivity contribution is 0.898. The van der Waals surface area contributed by atoms with E-state index in [0.29, 0.717) is 5.56 Å². The van der Waals surface area contributed by atoms with E-state index in [0.717, 1.165) is 24.1 Å². The van der Waals surface area contributed by atoms with Crippen molar-refractivity contribution in [2.24, 2.45) is 0 Å². The van der Waals surface area contributed by atoms with Gasteiger partial charge in [-0.25, -0.2) is 4.98 Å². The summed E-state index contributed by atoms with van der Waals surface area (Å²) in [6.07, 6.45) is 6.08. The Morgan fingerprint density at radius 3 is 3.08 bits per heavy atom. The largest absolute Gasteiger partial charge is 0.249 e. The standard InChI is InChI=1S/C10H9N2/c1-7-8(5-11)6-12-10-4-2-3-9(7)10/h2-4H2,1H3. The highest BCUT2D eigenvalue weighted by molar-refractivity contribution is 5.43. The molecule has 1 aliphatic carbocycles. The number of rotatable bonds is 0. The Morgan fingerprint density at radius 2 is 2.33 bits per heavy atom. The monoisotopic (exact) mass is 157 g/mol. The lowest BCUT2D eigenvalue weighted by atomic mass is 10.1. The van der Waals surface area contributed by atoms with Gasteiger partial charge in [0.05, 0.1) is 5.56 Å². The summed E-state index contributed by atoms with van der Waals surface area (Å²) in [6, 6.07) is 2.11. The van der Waals surface area contributed by atoms with E-state index in [4.69, 9.17) is 5.26 Å². The van der Waals surface area contributed by atoms with E-state index in [-0.39, 0.29) is 0 Å². The van der Waals surface area contributed by atoms with Crippen LogP contribution in [-0.4, -0.2) is 4.98 Å². The van der Waals surface area contributed by atoms with Gasteiger partial charge in [0, 0.05) is 5.69 Å². The predicted octanol–water partition coefficient (Wildman–Crippen LogP) is 1.55. The maximum atomic E-state index is 8.73. The third-order valence-corrected chi connectivity index (χ3v) is 2.43. The minimum absolute atomic E-state index is 0.607. The Hall–Kier alpha value is -1.36. The van der Waals surface area contributed by atoms with Crippen LogP contribution in [0.4, 0.5) is 0 Å². The Morgan fingerprint density at radius 1 is 1.50 bits per heavy atom. The molecule has 0 saturated heterocycles. The minimum Gasteiger partial charge on any atom is -0.249 e. The Kier molecular flexibility index (Phi) is 1.58. The second kappa shape index (κ2) is 2.60. The molecule has 2 rings (SSSR count). The smallest absolute Gasteiger partial charge is 0.108 e. The molecular formula is C10H9N2. The molecule has 1 aromatic rings. The molecule has 0 bridgehead atoms. The first-order chi connectivity index (χ1) is 5.83. The van der Waals surface area contributed by atoms with Gasteiger partial charge in [-0.15, -0.1) is 0 Å². The highest BCUT2D eigenvalue weighted by Crippen LogP contribution is 2.24. The van der Waals surface area contributed by atoms with Gasteiger partial charge in [-0.1, -0.05) is 0 Å². The maximum absolute atomic E-state index is 8.73. The molecule has 0 saturated carbocycles. The number of fused-ring (bicyclic) bond motifs is 1. The topological polar surface area (TPSA) is 36.7 Å². The molecule has 12 heavy (non-hydrogen) atoms. The fraction of sp³-hybridized carbons (Fsp3) is 0.400. The van der Waals surface area contributed by atoms with Crippen molar-refractivity contribution < 1.29 is 0 Å². The van der Waals surface area contributed by atoms with Crippen LogP contribution >= 0.6 is 0 Å². The minimum atomic E-state index is 0.607. The van der Waals surface area contributed by atoms with Crippen molar-refractivity contribution in [3.63, 3.8) is 0 Å². The number of hydrogen-bond acceptors (Lipinski definition) is 2. The number of nitrogens with zero attached hydrogens (tertiary/aromatic N) is 2. The first kappa shape index (κ1) is 7.30. The summed E-state index contributed by atoms with van der Waals surface area (Å²) in [7, 11) is 0. The molecule has 59 valence electrons. The van der Waals surface area contributed by atoms with E-state index in [1.165, 1.54) is 12.0 Å². The van der Waals surface area contributed by atoms with E-state index < -0.39 is 0 Å². The highest BCUT2D eigenvalue weighted by atomic mass is 14.7. The van der Waals surface area contributed by atoms with Crippen LogP contribution in [0.2, 0.25) is 0 Å². The van der Waals surface area contributed by atoms with Gasteiger partial charge in [0.15, 0.2) is 0 Å². The number of hydrogen-bond donors (Lipinski definition) is 0. The summed E-state index contributed by atoms with van der Waals surface area (Å²) < 4.78 is 0. The van der Waals surface area contributed by atoms with Crippen molar-refractivity contribution >= 4 is 0 Å². The second-order valence-electron chi connectivity index (χ2n) is 3.11. The molecule has 1 radical (unpaired) electrons. The lowest BCUT2D eigenvalue weighted by Crippen LogP contribution is -1.95. The number of aromatic nitrogens is 1. The summed E-state index contributed by atoms with van der Waals surface area (Å²) in [5.41, 5.74) is 4.12. The van der Waals surface area contributed by atoms with Gasteiger partial charge in [-0.05, 0) is 37.3 Å². The third-order valence-electron chi connectivity index (χ3n) is 2.43. The second-order valence-corrected chi connectivity index (χ2v) is 3.11. The molecule has 1 aromatic heterocycles. The summed E-state index contributed by atoms with van der Waals surface area (Å²) in [5, 5.41) is 8.73. The number of aryl methyl sites for hydroxylation is 1. The molecule has 0 aromatic carbocycles. The molecule has 0 aliphatic heterocycles. The van der Waals surface area contributed by atoms with Crippen LogP contribution in [-0.2, 0) is 12.8 Å². The fourth-order valence-corrected chi connectivity index (χ4v) is 1.72. The zero-order valence-corrected chi connectivity index (χ0v) is 7.02. The lowest BCUT2D eigenvalue weighted by Gasteiger charge is -2.02. The summed E-state index contributed by atoms with van der Waals surface area (Å²) in [4.78, 5) is 4.14. The average Bonchev–Trinajstić information content (AvgIpc) is 2.53. The first-order valence-corrected chi connectivity index (χ1v) is 4.13. The fourth-order valence-electron chi connectivity index (χ4n) is 1.72. The van der Waals surface area contributed by atoms with Gasteiger partial charge in [0.2, 0.25) is 0 Å². The quantitative estimate of drug-likeness (QED) is 0.573. The van der Waals surface area contributed by atoms with Gasteiger partial charge >= 0.3 is 0 Å². The molecule has 1 heterocycles. The normalized spacial score (nSPS) is 14.0. The zero-order valence-electron chi connectivity index (χ0n) is 7.02. The van der Waals surface area contributed by atoms with Gasteiger partial charge in [-0.3, -0.25) is 0 Å². The molecule has 2 nitrogen and oxygen atoms in total. The molecule has 0 fully saturated rings. The molecule has 2 heteroatoms. The van der Waals surface area contributed by atoms with Gasteiger partial charge in [0.1, 0.15) is 12.3 Å². The Balaban J connectivity index is 2.63. The van der Waals surface area contributed by atoms with Gasteiger partial charge in [0.25, 0.3) is 0 Å². The SMILES string of the molecule is Cc1c(C#N)[c]nc2c1CCC2. The summed E-state index contributed by atoms with van der Waals surface area (Å²) in [5.74, 6) is 0. The van der Waals surface area contributed by atoms with Crippen molar-refractivity contribution in [3.05, 3.63) is 28.6 Å². The van der Waals surface area contributed by atoms with E-state index in [9.17, 15) is 0 Å². The molecule has 0 atom stereocenters. The Bertz CT molecular complexity index is 361. The molecule has 0 N–H and O–H groups in total. The van der Waals surface area contributed by atoms with Crippen LogP contribution in [0, 0.1) is 24.5 Å². The van der Waals surface area contributed by atoms with Crippen LogP contribution < -0.4 is 0 Å². The van der Waals surface area contributed by atoms with Crippen molar-refractivity contribution in [1.82, 2.24) is 4.98 Å². The molecule has 1 aliphatic rings. The van der Waals surface area contributed by atoms with Gasteiger partial charge in [-0.2, -0.15) is 5.26 Å². The van der Waals surface area contributed by atoms with Crippen LogP contribution in [0.15, 0.2) is 0 Å². The third kappa shape index (κ3) is 0.902. The average molecular weight is 157 g/mol. The van der Waals surface area contributed by atoms with E-state index in [2.05, 4.69) is 17.3 Å².